The molecule has 7 heterocycles. The first-order valence-electron chi connectivity index (χ1n) is 51.2. The zero-order valence-corrected chi connectivity index (χ0v) is 86.9. The van der Waals surface area contributed by atoms with Crippen LogP contribution in [0.25, 0.3) is 0 Å². The fraction of sp³-hybridized carbons (Fsp3) is 0.913. The second kappa shape index (κ2) is 75.3. The summed E-state index contributed by atoms with van der Waals surface area (Å²) in [5.74, 6) is -0.180. The number of rotatable bonds is 44. The van der Waals surface area contributed by atoms with E-state index in [1.165, 1.54) is 194 Å². The van der Waals surface area contributed by atoms with E-state index in [0.717, 1.165) is 149 Å². The highest BCUT2D eigenvalue weighted by Gasteiger charge is 2.46. The monoisotopic (exact) mass is 1790 g/mol. The summed E-state index contributed by atoms with van der Waals surface area (Å²) < 4.78 is 59.6. The van der Waals surface area contributed by atoms with Gasteiger partial charge >= 0.3 is 17.9 Å². The number of morpholine rings is 2. The van der Waals surface area contributed by atoms with Gasteiger partial charge in [-0.15, -0.1) is 0 Å². The molecule has 22 nitrogen and oxygen atoms in total. The number of likely N-dealkylation sites (tertiary alicyclic amines) is 4. The molecule has 0 radical (unpaired) electrons. The van der Waals surface area contributed by atoms with Gasteiger partial charge < -0.3 is 81.5 Å². The number of benzene rings is 1. The van der Waals surface area contributed by atoms with Crippen molar-refractivity contribution in [3.05, 3.63) is 35.9 Å². The van der Waals surface area contributed by atoms with Crippen molar-refractivity contribution in [2.24, 2.45) is 10.8 Å². The van der Waals surface area contributed by atoms with Gasteiger partial charge in [-0.3, -0.25) is 24.2 Å². The van der Waals surface area contributed by atoms with Gasteiger partial charge in [0.05, 0.1) is 79.4 Å². The summed E-state index contributed by atoms with van der Waals surface area (Å²) in [4.78, 5) is 53.2. The molecular weight excluding hydrogens is 1590 g/mol. The number of piperidine rings is 3. The average Bonchev–Trinajstić information content (AvgIpc) is 0.764. The van der Waals surface area contributed by atoms with Gasteiger partial charge in [-0.2, -0.15) is 0 Å². The van der Waals surface area contributed by atoms with Crippen LogP contribution < -0.4 is 0 Å². The van der Waals surface area contributed by atoms with Crippen molar-refractivity contribution in [3.8, 4) is 0 Å². The zero-order chi connectivity index (χ0) is 93.9. The molecule has 1 aromatic carbocycles. The number of nitrogens with zero attached hydrogens (tertiary/aromatic N) is 8. The van der Waals surface area contributed by atoms with E-state index >= 15 is 0 Å². The molecule has 1 spiro atoms. The van der Waals surface area contributed by atoms with Crippen LogP contribution in [0.5, 0.6) is 0 Å². The Hall–Kier alpha value is -3.01. The predicted octanol–water partition coefficient (Wildman–Crippen LogP) is 19.7. The molecule has 7 saturated heterocycles. The lowest BCUT2D eigenvalue weighted by Crippen LogP contribution is -2.59. The van der Waals surface area contributed by atoms with Gasteiger partial charge in [0.2, 0.25) is 0 Å². The van der Waals surface area contributed by atoms with Crippen molar-refractivity contribution in [3.63, 3.8) is 0 Å². The number of carbonyl (C=O) groups excluding carboxylic acids is 3. The van der Waals surface area contributed by atoms with Crippen LogP contribution in [0.2, 0.25) is 0 Å². The summed E-state index contributed by atoms with van der Waals surface area (Å²) in [6, 6.07) is 10.5. The molecule has 1 saturated carbocycles. The Labute approximate surface area is 776 Å². The van der Waals surface area contributed by atoms with E-state index in [2.05, 4.69) is 202 Å². The van der Waals surface area contributed by atoms with Crippen LogP contribution in [-0.4, -0.2) is 334 Å². The van der Waals surface area contributed by atoms with Crippen LogP contribution in [0.4, 0.5) is 0 Å². The van der Waals surface area contributed by atoms with E-state index in [1.807, 2.05) is 47.6 Å². The Morgan fingerprint density at radius 3 is 0.976 bits per heavy atom. The maximum atomic E-state index is 11.3. The Kier molecular flexibility index (Phi) is 72.3. The predicted molar refractivity (Wildman–Crippen MR) is 526 cm³/mol. The Bertz CT molecular complexity index is 2530. The molecule has 0 N–H and O–H groups in total. The second-order valence-corrected chi connectivity index (χ2v) is 40.4. The minimum Gasteiger partial charge on any atom is -0.463 e. The number of esters is 3. The molecule has 126 heavy (non-hydrogen) atoms. The van der Waals surface area contributed by atoms with Gasteiger partial charge in [-0.05, 0) is 337 Å². The molecule has 8 fully saturated rings. The van der Waals surface area contributed by atoms with Crippen molar-refractivity contribution in [1.82, 2.24) is 39.2 Å². The van der Waals surface area contributed by atoms with Crippen LogP contribution in [0.3, 0.4) is 0 Å². The van der Waals surface area contributed by atoms with Gasteiger partial charge in [-0.1, -0.05) is 76.8 Å². The molecule has 0 aromatic heterocycles. The normalized spacial score (nSPS) is 20.7. The second-order valence-electron chi connectivity index (χ2n) is 40.4. The van der Waals surface area contributed by atoms with E-state index in [0.29, 0.717) is 85.7 Å². The van der Waals surface area contributed by atoms with E-state index < -0.39 is 0 Å². The Morgan fingerprint density at radius 2 is 0.651 bits per heavy atom. The van der Waals surface area contributed by atoms with Gasteiger partial charge in [0.25, 0.3) is 0 Å². The van der Waals surface area contributed by atoms with Crippen LogP contribution in [0, 0.1) is 10.8 Å². The lowest BCUT2D eigenvalue weighted by Gasteiger charge is -2.56. The topological polar surface area (TPSA) is 179 Å². The molecule has 0 bridgehead atoms. The fourth-order valence-corrected chi connectivity index (χ4v) is 16.6. The molecule has 2 unspecified atom stereocenters. The maximum Gasteiger partial charge on any atom is 0.306 e. The van der Waals surface area contributed by atoms with E-state index in [1.54, 1.807) is 0 Å². The number of ether oxygens (including phenoxy) is 11. The number of piperazine rings is 1. The molecule has 8 aliphatic rings. The quantitative estimate of drug-likeness (QED) is 0.0342. The molecule has 9 rings (SSSR count). The lowest BCUT2D eigenvalue weighted by atomic mass is 9.63. The summed E-state index contributed by atoms with van der Waals surface area (Å²) in [6.45, 7) is 84.4. The number of hydrogen-bond acceptors (Lipinski definition) is 22. The molecule has 1 aliphatic carbocycles. The smallest absolute Gasteiger partial charge is 0.306 e. The molecule has 0 amide bonds. The number of hydrogen-bond donors (Lipinski definition) is 0. The van der Waals surface area contributed by atoms with Crippen LogP contribution >= 0.6 is 0 Å². The van der Waals surface area contributed by atoms with Crippen molar-refractivity contribution >= 4 is 17.9 Å². The minimum absolute atomic E-state index is 0.0208. The van der Waals surface area contributed by atoms with Crippen molar-refractivity contribution < 1.29 is 66.5 Å². The van der Waals surface area contributed by atoms with Gasteiger partial charge in [-0.25, -0.2) is 0 Å². The highest BCUT2D eigenvalue weighted by atomic mass is 16.6. The molecule has 7 aliphatic heterocycles. The fourth-order valence-electron chi connectivity index (χ4n) is 16.6. The largest absolute Gasteiger partial charge is 0.463 e. The molecule has 22 heteroatoms. The van der Waals surface area contributed by atoms with Crippen molar-refractivity contribution in [1.29, 1.82) is 0 Å². The SMILES string of the molecule is CC(C)OC(=O)CCCN1CCCCC1.CC(C)OC(=O)CCCN1CCCCC1.CC(C)OCCCN1CC(C)OC(C)C1.CC(C)OCCCN1CC2(CCC2)C1.CC(C)OCCCN1CCCC(C)(C)C1.CC(C)OCCCN1CCN(C)CC1.CC(C)OCCCN1C[C@@H](C)O[C@@H](C)C1.CC(C)OCCCc1ccccc1.CCCCC(=O)OC(C)C. The third kappa shape index (κ3) is 72.5. The number of carbonyl (C=O) groups is 3. The standard InChI is InChI=1S/C13H27NO.2C12H25NO2.2C12H23NO2.C12H23NO.C12H18O.C11H24N2O.C8H16O2/c1-12(2)15-10-6-9-14-8-5-7-13(3,4)11-14;2*1-10(2)14-7-5-6-13-8-11(3)15-12(4)9-13;2*1-11(2)15-12(14)7-6-10-13-8-4-3-5-9-13;1-11(2)14-8-4-7-13-9-12(10-13)5-3-6-12;1-11(2)13-10-6-9-12-7-4-3-5-8-12;1-11(2)14-10-4-5-13-8-6-12(3)7-9-13;1-4-5-6-8(9)10-7(2)3/h12H,5-11H2,1-4H3;2*10-12H,5-9H2,1-4H3;2*11H,3-10H2,1-2H3;11H,3-10H2,1-2H3;3-5,7-8,11H,6,9-10H2,1-2H3;11H,4-10H2,1-3H3;7H,4-6H2,1-3H3/t;11-,12+;;;;;;;. The zero-order valence-electron chi connectivity index (χ0n) is 86.9. The molecule has 4 atom stereocenters. The minimum atomic E-state index is -0.0724. The molecule has 1 aromatic rings. The van der Waals surface area contributed by atoms with Gasteiger partial charge in [0, 0.05) is 164 Å². The first-order valence-corrected chi connectivity index (χ1v) is 51.2. The lowest BCUT2D eigenvalue weighted by molar-refractivity contribution is -0.148. The third-order valence-electron chi connectivity index (χ3n) is 22.8. The van der Waals surface area contributed by atoms with Gasteiger partial charge in [0.1, 0.15) is 0 Å². The highest BCUT2D eigenvalue weighted by Crippen LogP contribution is 2.48. The van der Waals surface area contributed by atoms with Crippen LogP contribution in [0.15, 0.2) is 30.3 Å². The third-order valence-corrected chi connectivity index (χ3v) is 22.8. The summed E-state index contributed by atoms with van der Waals surface area (Å²) in [6.07, 6.45) is 32.6. The summed E-state index contributed by atoms with van der Waals surface area (Å²) in [5.41, 5.74) is 2.71. The highest BCUT2D eigenvalue weighted by molar-refractivity contribution is 5.70. The maximum absolute atomic E-state index is 11.3. The first-order chi connectivity index (χ1) is 59.8. The molecule has 744 valence electrons. The van der Waals surface area contributed by atoms with E-state index in [4.69, 9.17) is 52.1 Å². The number of unbranched alkanes of at least 4 members (excludes halogenated alkanes) is 1. The van der Waals surface area contributed by atoms with E-state index in [9.17, 15) is 14.4 Å². The van der Waals surface area contributed by atoms with Gasteiger partial charge in [0.15, 0.2) is 0 Å². The number of likely N-dealkylation sites (N-methyl/N-ethyl adjacent to an activating group) is 1. The Morgan fingerprint density at radius 1 is 0.341 bits per heavy atom. The van der Waals surface area contributed by atoms with Crippen LogP contribution in [-0.2, 0) is 72.9 Å². The summed E-state index contributed by atoms with van der Waals surface area (Å²) in [5, 5.41) is 0. The summed E-state index contributed by atoms with van der Waals surface area (Å²) >= 11 is 0. The van der Waals surface area contributed by atoms with Crippen molar-refractivity contribution in [2.45, 2.75) is 413 Å². The van der Waals surface area contributed by atoms with Crippen molar-refractivity contribution in [2.75, 3.05) is 197 Å². The first kappa shape index (κ1) is 121. The summed E-state index contributed by atoms with van der Waals surface area (Å²) in [7, 11) is 2.19. The Balaban J connectivity index is 0.000000710. The number of aryl methyl sites for hydroxylation is 1. The van der Waals surface area contributed by atoms with E-state index in [-0.39, 0.29) is 36.2 Å². The van der Waals surface area contributed by atoms with Crippen LogP contribution in [0.1, 0.15) is 333 Å². The molecular formula is C104H204N8O14. The average molecular weight is 1790 g/mol.